The van der Waals surface area contributed by atoms with Gasteiger partial charge in [0.2, 0.25) is 0 Å². The van der Waals surface area contributed by atoms with Crippen molar-refractivity contribution in [1.82, 2.24) is 9.88 Å². The Hall–Kier alpha value is -2.16. The topological polar surface area (TPSA) is 33.2 Å². The van der Waals surface area contributed by atoms with Crippen LogP contribution in [-0.4, -0.2) is 22.3 Å². The molecule has 2 aromatic rings. The lowest BCUT2D eigenvalue weighted by molar-refractivity contribution is 0.0680. The number of aromatic nitrogens is 1. The molecule has 1 saturated heterocycles. The molecule has 1 aliphatic heterocycles. The highest BCUT2D eigenvalue weighted by molar-refractivity contribution is 5.95. The summed E-state index contributed by atoms with van der Waals surface area (Å²) in [6, 6.07) is 10.6. The van der Waals surface area contributed by atoms with E-state index in [1.165, 1.54) is 36.0 Å². The number of amides is 1. The molecule has 0 saturated carbocycles. The van der Waals surface area contributed by atoms with Gasteiger partial charge in [-0.2, -0.15) is 0 Å². The highest BCUT2D eigenvalue weighted by atomic mass is 16.2. The van der Waals surface area contributed by atoms with E-state index in [4.69, 9.17) is 0 Å². The van der Waals surface area contributed by atoms with Crippen molar-refractivity contribution in [3.8, 4) is 0 Å². The number of aryl methyl sites for hydroxylation is 2. The third-order valence-corrected chi connectivity index (χ3v) is 5.45. The first-order valence-corrected chi connectivity index (χ1v) is 9.15. The Balaban J connectivity index is 1.65. The SMILES string of the molecule is O=C(c1ccc2c(c1)CCC2)N1CCCCC[C@H]1c1ccncc1. The Kier molecular flexibility index (Phi) is 4.33. The van der Waals surface area contributed by atoms with Crippen LogP contribution in [0, 0.1) is 0 Å². The van der Waals surface area contributed by atoms with Crippen molar-refractivity contribution in [3.05, 3.63) is 65.0 Å². The fourth-order valence-corrected chi connectivity index (χ4v) is 4.15. The molecule has 0 bridgehead atoms. The number of hydrogen-bond acceptors (Lipinski definition) is 2. The summed E-state index contributed by atoms with van der Waals surface area (Å²) >= 11 is 0. The molecule has 0 radical (unpaired) electrons. The molecule has 1 aliphatic carbocycles. The number of rotatable bonds is 2. The Morgan fingerprint density at radius 3 is 2.67 bits per heavy atom. The van der Waals surface area contributed by atoms with Gasteiger partial charge in [-0.15, -0.1) is 0 Å². The average Bonchev–Trinajstić information content (AvgIpc) is 2.96. The Morgan fingerprint density at radius 1 is 0.958 bits per heavy atom. The van der Waals surface area contributed by atoms with Gasteiger partial charge in [0, 0.05) is 24.5 Å². The zero-order valence-corrected chi connectivity index (χ0v) is 14.1. The molecule has 1 amide bonds. The number of fused-ring (bicyclic) bond motifs is 1. The summed E-state index contributed by atoms with van der Waals surface area (Å²) in [7, 11) is 0. The molecule has 0 N–H and O–H groups in total. The van der Waals surface area contributed by atoms with Crippen LogP contribution in [0.15, 0.2) is 42.7 Å². The number of hydrogen-bond donors (Lipinski definition) is 0. The number of carbonyl (C=O) groups is 1. The monoisotopic (exact) mass is 320 g/mol. The lowest BCUT2D eigenvalue weighted by atomic mass is 10.00. The zero-order valence-electron chi connectivity index (χ0n) is 14.1. The zero-order chi connectivity index (χ0) is 16.4. The molecule has 1 aromatic carbocycles. The smallest absolute Gasteiger partial charge is 0.254 e. The number of carbonyl (C=O) groups excluding carboxylic acids is 1. The highest BCUT2D eigenvalue weighted by Gasteiger charge is 2.28. The van der Waals surface area contributed by atoms with E-state index in [9.17, 15) is 4.79 Å². The fourth-order valence-electron chi connectivity index (χ4n) is 4.15. The summed E-state index contributed by atoms with van der Waals surface area (Å²) in [5.41, 5.74) is 4.86. The lowest BCUT2D eigenvalue weighted by Crippen LogP contribution is -2.34. The van der Waals surface area contributed by atoms with E-state index in [-0.39, 0.29) is 11.9 Å². The minimum atomic E-state index is 0.177. The van der Waals surface area contributed by atoms with Crippen molar-refractivity contribution in [2.75, 3.05) is 6.54 Å². The maximum absolute atomic E-state index is 13.2. The Morgan fingerprint density at radius 2 is 1.79 bits per heavy atom. The summed E-state index contributed by atoms with van der Waals surface area (Å²) < 4.78 is 0. The maximum Gasteiger partial charge on any atom is 0.254 e. The van der Waals surface area contributed by atoms with E-state index in [0.717, 1.165) is 37.8 Å². The molecule has 124 valence electrons. The van der Waals surface area contributed by atoms with Crippen molar-refractivity contribution in [2.45, 2.75) is 51.0 Å². The third kappa shape index (κ3) is 2.95. The molecule has 2 aliphatic rings. The van der Waals surface area contributed by atoms with Gasteiger partial charge in [-0.3, -0.25) is 9.78 Å². The quantitative estimate of drug-likeness (QED) is 0.825. The predicted octanol–water partition coefficient (Wildman–Crippen LogP) is 4.33. The number of pyridine rings is 1. The summed E-state index contributed by atoms with van der Waals surface area (Å²) in [6.07, 6.45) is 11.7. The van der Waals surface area contributed by atoms with Crippen LogP contribution in [0.3, 0.4) is 0 Å². The normalized spacial score (nSPS) is 20.5. The number of nitrogens with zero attached hydrogens (tertiary/aromatic N) is 2. The standard InChI is InChI=1S/C21H24N2O/c24-21(19-9-8-16-5-4-6-18(16)15-19)23-14-3-1-2-7-20(23)17-10-12-22-13-11-17/h8-13,15,20H,1-7,14H2/t20-/m0/s1. The summed E-state index contributed by atoms with van der Waals surface area (Å²) in [5, 5.41) is 0. The average molecular weight is 320 g/mol. The minimum absolute atomic E-state index is 0.177. The fraction of sp³-hybridized carbons (Fsp3) is 0.429. The van der Waals surface area contributed by atoms with Gasteiger partial charge in [0.05, 0.1) is 6.04 Å². The maximum atomic E-state index is 13.2. The second-order valence-electron chi connectivity index (χ2n) is 6.98. The molecule has 24 heavy (non-hydrogen) atoms. The molecule has 2 heterocycles. The molecule has 0 unspecified atom stereocenters. The second-order valence-corrected chi connectivity index (χ2v) is 6.98. The van der Waals surface area contributed by atoms with E-state index in [0.29, 0.717) is 0 Å². The van der Waals surface area contributed by atoms with Gasteiger partial charge in [-0.25, -0.2) is 0 Å². The van der Waals surface area contributed by atoms with E-state index >= 15 is 0 Å². The van der Waals surface area contributed by atoms with E-state index in [2.05, 4.69) is 34.1 Å². The van der Waals surface area contributed by atoms with Crippen molar-refractivity contribution in [2.24, 2.45) is 0 Å². The molecule has 4 rings (SSSR count). The van der Waals surface area contributed by atoms with Gasteiger partial charge in [0.1, 0.15) is 0 Å². The van der Waals surface area contributed by atoms with Gasteiger partial charge in [-0.1, -0.05) is 18.9 Å². The van der Waals surface area contributed by atoms with Crippen LogP contribution in [0.5, 0.6) is 0 Å². The first-order chi connectivity index (χ1) is 11.8. The second kappa shape index (κ2) is 6.76. The predicted molar refractivity (Wildman–Crippen MR) is 94.9 cm³/mol. The van der Waals surface area contributed by atoms with Gasteiger partial charge < -0.3 is 4.90 Å². The van der Waals surface area contributed by atoms with Crippen molar-refractivity contribution < 1.29 is 4.79 Å². The van der Waals surface area contributed by atoms with Gasteiger partial charge >= 0.3 is 0 Å². The van der Waals surface area contributed by atoms with Gasteiger partial charge in [-0.05, 0) is 73.1 Å². The van der Waals surface area contributed by atoms with Crippen LogP contribution in [0.1, 0.15) is 65.2 Å². The largest absolute Gasteiger partial charge is 0.332 e. The molecule has 3 nitrogen and oxygen atoms in total. The van der Waals surface area contributed by atoms with Crippen LogP contribution in [0.4, 0.5) is 0 Å². The molecule has 0 spiro atoms. The summed E-state index contributed by atoms with van der Waals surface area (Å²) in [6.45, 7) is 0.850. The van der Waals surface area contributed by atoms with Crippen LogP contribution in [-0.2, 0) is 12.8 Å². The van der Waals surface area contributed by atoms with Gasteiger partial charge in [0.15, 0.2) is 0 Å². The number of likely N-dealkylation sites (tertiary alicyclic amines) is 1. The first kappa shape index (κ1) is 15.4. The van der Waals surface area contributed by atoms with E-state index in [1.54, 1.807) is 0 Å². The van der Waals surface area contributed by atoms with Gasteiger partial charge in [0.25, 0.3) is 5.91 Å². The Bertz CT molecular complexity index is 726. The van der Waals surface area contributed by atoms with Crippen molar-refractivity contribution >= 4 is 5.91 Å². The summed E-state index contributed by atoms with van der Waals surface area (Å²) in [4.78, 5) is 19.5. The first-order valence-electron chi connectivity index (χ1n) is 9.15. The molecule has 3 heteroatoms. The van der Waals surface area contributed by atoms with E-state index in [1.807, 2.05) is 18.5 Å². The van der Waals surface area contributed by atoms with Crippen LogP contribution >= 0.6 is 0 Å². The van der Waals surface area contributed by atoms with Crippen LogP contribution in [0.2, 0.25) is 0 Å². The summed E-state index contributed by atoms with van der Waals surface area (Å²) in [5.74, 6) is 0.188. The molecule has 1 fully saturated rings. The highest BCUT2D eigenvalue weighted by Crippen LogP contribution is 2.32. The third-order valence-electron chi connectivity index (χ3n) is 5.45. The number of benzene rings is 1. The van der Waals surface area contributed by atoms with Crippen LogP contribution < -0.4 is 0 Å². The lowest BCUT2D eigenvalue weighted by Gasteiger charge is -2.30. The van der Waals surface area contributed by atoms with E-state index < -0.39 is 0 Å². The Labute approximate surface area is 143 Å². The molecular formula is C21H24N2O. The van der Waals surface area contributed by atoms with Crippen molar-refractivity contribution in [1.29, 1.82) is 0 Å². The molecule has 1 aromatic heterocycles. The van der Waals surface area contributed by atoms with Crippen molar-refractivity contribution in [3.63, 3.8) is 0 Å². The molecule has 1 atom stereocenters. The minimum Gasteiger partial charge on any atom is -0.332 e. The molecular weight excluding hydrogens is 296 g/mol. The van der Waals surface area contributed by atoms with Crippen LogP contribution in [0.25, 0.3) is 0 Å².